The normalized spacial score (nSPS) is 43.4. The smallest absolute Gasteiger partial charge is 0.0736 e. The van der Waals surface area contributed by atoms with Gasteiger partial charge in [0.15, 0.2) is 0 Å². The quantitative estimate of drug-likeness (QED) is 0.521. The molecule has 0 atom stereocenters. The summed E-state index contributed by atoms with van der Waals surface area (Å²) < 4.78 is 6.02. The molecule has 0 aromatic carbocycles. The van der Waals surface area contributed by atoms with Crippen molar-refractivity contribution in [1.82, 2.24) is 0 Å². The first kappa shape index (κ1) is 7.60. The van der Waals surface area contributed by atoms with Crippen LogP contribution in [0.1, 0.15) is 46.5 Å². The number of ether oxygens (including phenoxy) is 1. The molecule has 0 saturated carbocycles. The van der Waals surface area contributed by atoms with Crippen LogP contribution in [0.2, 0.25) is 0 Å². The fourth-order valence-corrected chi connectivity index (χ4v) is 2.54. The lowest BCUT2D eigenvalue weighted by molar-refractivity contribution is -0.0648. The van der Waals surface area contributed by atoms with E-state index in [0.29, 0.717) is 11.5 Å². The first-order valence-corrected chi connectivity index (χ1v) is 4.71. The summed E-state index contributed by atoms with van der Waals surface area (Å²) in [5.41, 5.74) is 0.593. The minimum Gasteiger partial charge on any atom is -0.371 e. The van der Waals surface area contributed by atoms with Crippen molar-refractivity contribution >= 4 is 0 Å². The van der Waals surface area contributed by atoms with Gasteiger partial charge in [0.25, 0.3) is 0 Å². The predicted octanol–water partition coefficient (Wildman–Crippen LogP) is 2.74. The van der Waals surface area contributed by atoms with Crippen LogP contribution in [-0.4, -0.2) is 11.7 Å². The van der Waals surface area contributed by atoms with Crippen LogP contribution in [0.5, 0.6) is 0 Å². The molecule has 2 aliphatic rings. The van der Waals surface area contributed by atoms with Crippen molar-refractivity contribution in [2.75, 3.05) is 0 Å². The standard InChI is InChI=1S/C10H18O/c1-9(2,3)10-6-4-8(11-10)5-7-10/h8H,4-7H2,1-3H3. The summed E-state index contributed by atoms with van der Waals surface area (Å²) in [6.45, 7) is 6.92. The Morgan fingerprint density at radius 1 is 1.18 bits per heavy atom. The van der Waals surface area contributed by atoms with Crippen LogP contribution in [-0.2, 0) is 4.74 Å². The summed E-state index contributed by atoms with van der Waals surface area (Å²) in [5.74, 6) is 0. The molecule has 0 aromatic heterocycles. The zero-order valence-electron chi connectivity index (χ0n) is 7.81. The largest absolute Gasteiger partial charge is 0.371 e. The van der Waals surface area contributed by atoms with Gasteiger partial charge in [-0.15, -0.1) is 0 Å². The van der Waals surface area contributed by atoms with Gasteiger partial charge >= 0.3 is 0 Å². The van der Waals surface area contributed by atoms with Crippen LogP contribution in [0.15, 0.2) is 0 Å². The molecule has 2 bridgehead atoms. The van der Waals surface area contributed by atoms with Crippen molar-refractivity contribution < 1.29 is 4.74 Å². The monoisotopic (exact) mass is 154 g/mol. The lowest BCUT2D eigenvalue weighted by atomic mass is 9.71. The van der Waals surface area contributed by atoms with E-state index in [4.69, 9.17) is 4.74 Å². The molecule has 1 heteroatoms. The Kier molecular flexibility index (Phi) is 1.39. The average Bonchev–Trinajstić information content (AvgIpc) is 2.42. The molecular formula is C10H18O. The number of hydrogen-bond donors (Lipinski definition) is 0. The minimum atomic E-state index is 0.248. The van der Waals surface area contributed by atoms with Crippen molar-refractivity contribution in [3.05, 3.63) is 0 Å². The van der Waals surface area contributed by atoms with Gasteiger partial charge in [-0.1, -0.05) is 20.8 Å². The van der Waals surface area contributed by atoms with Crippen molar-refractivity contribution in [1.29, 1.82) is 0 Å². The minimum absolute atomic E-state index is 0.248. The first-order chi connectivity index (χ1) is 5.04. The second kappa shape index (κ2) is 2.01. The molecule has 0 amide bonds. The van der Waals surface area contributed by atoms with Crippen molar-refractivity contribution in [3.63, 3.8) is 0 Å². The van der Waals surface area contributed by atoms with Gasteiger partial charge < -0.3 is 4.74 Å². The highest BCUT2D eigenvalue weighted by atomic mass is 16.5. The highest BCUT2D eigenvalue weighted by molar-refractivity contribution is 5.02. The molecule has 0 aromatic rings. The molecule has 2 rings (SSSR count). The molecule has 0 radical (unpaired) electrons. The van der Waals surface area contributed by atoms with E-state index in [1.807, 2.05) is 0 Å². The Bertz CT molecular complexity index is 158. The van der Waals surface area contributed by atoms with Crippen molar-refractivity contribution in [3.8, 4) is 0 Å². The molecule has 0 aliphatic carbocycles. The highest BCUT2D eigenvalue weighted by Crippen LogP contribution is 2.52. The number of rotatable bonds is 0. The van der Waals surface area contributed by atoms with Crippen LogP contribution in [0.4, 0.5) is 0 Å². The Labute approximate surface area is 69.1 Å². The Morgan fingerprint density at radius 2 is 1.73 bits per heavy atom. The van der Waals surface area contributed by atoms with E-state index in [9.17, 15) is 0 Å². The van der Waals surface area contributed by atoms with Gasteiger partial charge in [0, 0.05) is 0 Å². The Hall–Kier alpha value is -0.0400. The van der Waals surface area contributed by atoms with E-state index in [-0.39, 0.29) is 5.60 Å². The molecule has 2 heterocycles. The van der Waals surface area contributed by atoms with Gasteiger partial charge in [-0.25, -0.2) is 0 Å². The summed E-state index contributed by atoms with van der Waals surface area (Å²) in [4.78, 5) is 0. The van der Waals surface area contributed by atoms with Crippen molar-refractivity contribution in [2.45, 2.75) is 58.2 Å². The van der Waals surface area contributed by atoms with E-state index in [1.165, 1.54) is 25.7 Å². The van der Waals surface area contributed by atoms with Crippen LogP contribution in [0.25, 0.3) is 0 Å². The van der Waals surface area contributed by atoms with Gasteiger partial charge in [0.2, 0.25) is 0 Å². The molecule has 2 saturated heterocycles. The van der Waals surface area contributed by atoms with E-state index >= 15 is 0 Å². The third-order valence-corrected chi connectivity index (χ3v) is 3.50. The SMILES string of the molecule is CC(C)(C)C12CCC(CC1)O2. The van der Waals surface area contributed by atoms with E-state index in [0.717, 1.165) is 0 Å². The fraction of sp³-hybridized carbons (Fsp3) is 1.00. The summed E-state index contributed by atoms with van der Waals surface area (Å²) in [6.07, 6.45) is 5.80. The van der Waals surface area contributed by atoms with E-state index in [1.54, 1.807) is 0 Å². The lowest BCUT2D eigenvalue weighted by Crippen LogP contribution is -2.39. The number of fused-ring (bicyclic) bond motifs is 2. The van der Waals surface area contributed by atoms with Gasteiger partial charge in [-0.2, -0.15) is 0 Å². The number of hydrogen-bond acceptors (Lipinski definition) is 1. The van der Waals surface area contributed by atoms with E-state index < -0.39 is 0 Å². The maximum Gasteiger partial charge on any atom is 0.0736 e. The van der Waals surface area contributed by atoms with Gasteiger partial charge in [-0.05, 0) is 31.1 Å². The molecule has 2 aliphatic heterocycles. The van der Waals surface area contributed by atoms with Gasteiger partial charge in [-0.3, -0.25) is 0 Å². The van der Waals surface area contributed by atoms with Crippen LogP contribution in [0, 0.1) is 5.41 Å². The van der Waals surface area contributed by atoms with E-state index in [2.05, 4.69) is 20.8 Å². The molecule has 1 nitrogen and oxygen atoms in total. The predicted molar refractivity (Wildman–Crippen MR) is 45.5 cm³/mol. The maximum atomic E-state index is 6.02. The second-order valence-corrected chi connectivity index (χ2v) is 5.06. The van der Waals surface area contributed by atoms with Crippen LogP contribution < -0.4 is 0 Å². The molecule has 11 heavy (non-hydrogen) atoms. The summed E-state index contributed by atoms with van der Waals surface area (Å²) in [5, 5.41) is 0. The zero-order valence-corrected chi connectivity index (χ0v) is 7.81. The second-order valence-electron chi connectivity index (χ2n) is 5.06. The zero-order chi connectivity index (χ0) is 8.11. The Morgan fingerprint density at radius 3 is 1.91 bits per heavy atom. The average molecular weight is 154 g/mol. The van der Waals surface area contributed by atoms with Gasteiger partial charge in [0.05, 0.1) is 11.7 Å². The third-order valence-electron chi connectivity index (χ3n) is 3.50. The fourth-order valence-electron chi connectivity index (χ4n) is 2.54. The molecule has 2 fully saturated rings. The third kappa shape index (κ3) is 0.936. The molecular weight excluding hydrogens is 136 g/mol. The Balaban J connectivity index is 2.23. The molecule has 0 unspecified atom stereocenters. The van der Waals surface area contributed by atoms with Crippen LogP contribution in [0.3, 0.4) is 0 Å². The molecule has 64 valence electrons. The lowest BCUT2D eigenvalue weighted by Gasteiger charge is -2.38. The summed E-state index contributed by atoms with van der Waals surface area (Å²) in [6, 6.07) is 0. The molecule has 0 spiro atoms. The highest BCUT2D eigenvalue weighted by Gasteiger charge is 2.52. The van der Waals surface area contributed by atoms with Crippen LogP contribution >= 0.6 is 0 Å². The summed E-state index contributed by atoms with van der Waals surface area (Å²) >= 11 is 0. The first-order valence-electron chi connectivity index (χ1n) is 4.71. The summed E-state index contributed by atoms with van der Waals surface area (Å²) in [7, 11) is 0. The van der Waals surface area contributed by atoms with Crippen molar-refractivity contribution in [2.24, 2.45) is 5.41 Å². The molecule has 0 N–H and O–H groups in total. The maximum absolute atomic E-state index is 6.02. The van der Waals surface area contributed by atoms with Gasteiger partial charge in [0.1, 0.15) is 0 Å². The topological polar surface area (TPSA) is 9.23 Å².